The topological polar surface area (TPSA) is 91.5 Å². The van der Waals surface area contributed by atoms with E-state index in [2.05, 4.69) is 19.7 Å². The standard InChI is InChI=1S/C21H18F2N4O4/c1-11-6-14(12-7-16(29-2)19(30-3)25-9-12)26-15-10-27(20(28)18(11)15)13-4-5-24-17(8-13)31-21(22)23/h4-10,21,28H,1-3H3. The first-order valence-electron chi connectivity index (χ1n) is 9.12. The summed E-state index contributed by atoms with van der Waals surface area (Å²) < 4.78 is 41.3. The average Bonchev–Trinajstić information content (AvgIpc) is 3.09. The molecule has 0 radical (unpaired) electrons. The van der Waals surface area contributed by atoms with E-state index in [9.17, 15) is 13.9 Å². The van der Waals surface area contributed by atoms with Crippen LogP contribution in [0.4, 0.5) is 8.78 Å². The molecule has 0 spiro atoms. The molecule has 0 atom stereocenters. The van der Waals surface area contributed by atoms with Crippen molar-refractivity contribution in [3.8, 4) is 40.3 Å². The SMILES string of the molecule is COc1cc(-c2cc(C)c3c(O)n(-c4ccnc(OC(F)F)c4)cc3n2)cnc1OC. The number of halogens is 2. The molecular weight excluding hydrogens is 410 g/mol. The molecule has 0 aliphatic rings. The van der Waals surface area contributed by atoms with Crippen molar-refractivity contribution in [3.05, 3.63) is 48.4 Å². The molecule has 4 heterocycles. The second kappa shape index (κ2) is 8.05. The van der Waals surface area contributed by atoms with Gasteiger partial charge in [-0.2, -0.15) is 8.78 Å². The molecule has 0 aliphatic carbocycles. The number of hydrogen-bond acceptors (Lipinski definition) is 7. The highest BCUT2D eigenvalue weighted by atomic mass is 19.3. The van der Waals surface area contributed by atoms with Crippen LogP contribution in [0.3, 0.4) is 0 Å². The van der Waals surface area contributed by atoms with Crippen LogP contribution < -0.4 is 14.2 Å². The van der Waals surface area contributed by atoms with Gasteiger partial charge in [-0.1, -0.05) is 0 Å². The van der Waals surface area contributed by atoms with Crippen LogP contribution in [0.1, 0.15) is 5.56 Å². The van der Waals surface area contributed by atoms with Crippen LogP contribution in [0.15, 0.2) is 42.9 Å². The molecule has 4 aromatic heterocycles. The fraction of sp³-hybridized carbons (Fsp3) is 0.190. The maximum atomic E-state index is 12.5. The Morgan fingerprint density at radius 1 is 1.10 bits per heavy atom. The lowest BCUT2D eigenvalue weighted by Crippen LogP contribution is -2.04. The summed E-state index contributed by atoms with van der Waals surface area (Å²) in [4.78, 5) is 12.6. The minimum atomic E-state index is -3.00. The van der Waals surface area contributed by atoms with Gasteiger partial charge in [-0.25, -0.2) is 15.0 Å². The molecule has 0 aromatic carbocycles. The number of aromatic hydroxyl groups is 1. The zero-order valence-corrected chi connectivity index (χ0v) is 16.8. The van der Waals surface area contributed by atoms with E-state index in [0.29, 0.717) is 39.5 Å². The van der Waals surface area contributed by atoms with Crippen LogP contribution >= 0.6 is 0 Å². The van der Waals surface area contributed by atoms with E-state index in [-0.39, 0.29) is 11.8 Å². The summed E-state index contributed by atoms with van der Waals surface area (Å²) in [6.45, 7) is -1.16. The van der Waals surface area contributed by atoms with Gasteiger partial charge < -0.3 is 19.3 Å². The lowest BCUT2D eigenvalue weighted by Gasteiger charge is -2.09. The first-order valence-corrected chi connectivity index (χ1v) is 9.12. The number of alkyl halides is 2. The third-order valence-electron chi connectivity index (χ3n) is 4.68. The number of fused-ring (bicyclic) bond motifs is 1. The number of methoxy groups -OCH3 is 2. The molecule has 0 saturated heterocycles. The highest BCUT2D eigenvalue weighted by Crippen LogP contribution is 2.36. The van der Waals surface area contributed by atoms with Crippen LogP contribution in [0.25, 0.3) is 27.8 Å². The van der Waals surface area contributed by atoms with Gasteiger partial charge in [0.25, 0.3) is 5.88 Å². The Labute approximate surface area is 175 Å². The number of pyridine rings is 3. The summed E-state index contributed by atoms with van der Waals surface area (Å²) in [5.74, 6) is 0.480. The van der Waals surface area contributed by atoms with Gasteiger partial charge in [0, 0.05) is 30.2 Å². The van der Waals surface area contributed by atoms with Gasteiger partial charge in [0.15, 0.2) is 5.75 Å². The molecular formula is C21H18F2N4O4. The van der Waals surface area contributed by atoms with Gasteiger partial charge in [-0.15, -0.1) is 0 Å². The Morgan fingerprint density at radius 3 is 2.61 bits per heavy atom. The maximum absolute atomic E-state index is 12.5. The molecule has 0 unspecified atom stereocenters. The first kappa shape index (κ1) is 20.3. The van der Waals surface area contributed by atoms with Crippen molar-refractivity contribution in [1.29, 1.82) is 0 Å². The smallest absolute Gasteiger partial charge is 0.388 e. The summed E-state index contributed by atoms with van der Waals surface area (Å²) >= 11 is 0. The number of nitrogens with zero attached hydrogens (tertiary/aromatic N) is 4. The fourth-order valence-electron chi connectivity index (χ4n) is 3.31. The molecule has 0 fully saturated rings. The maximum Gasteiger partial charge on any atom is 0.388 e. The van der Waals surface area contributed by atoms with E-state index in [0.717, 1.165) is 5.56 Å². The molecule has 10 heteroatoms. The number of aryl methyl sites for hydroxylation is 1. The Morgan fingerprint density at radius 2 is 1.90 bits per heavy atom. The van der Waals surface area contributed by atoms with Gasteiger partial charge >= 0.3 is 6.61 Å². The van der Waals surface area contributed by atoms with Gasteiger partial charge in [-0.3, -0.25) is 4.57 Å². The van der Waals surface area contributed by atoms with Crippen LogP contribution in [-0.4, -0.2) is 45.5 Å². The molecule has 0 bridgehead atoms. The molecule has 160 valence electrons. The summed E-state index contributed by atoms with van der Waals surface area (Å²) in [6.07, 6.45) is 4.54. The van der Waals surface area contributed by atoms with E-state index in [1.807, 2.05) is 13.0 Å². The van der Waals surface area contributed by atoms with Crippen LogP contribution in [0.2, 0.25) is 0 Å². The van der Waals surface area contributed by atoms with Crippen molar-refractivity contribution in [3.63, 3.8) is 0 Å². The number of aromatic nitrogens is 4. The molecule has 8 nitrogen and oxygen atoms in total. The Bertz CT molecular complexity index is 1260. The fourth-order valence-corrected chi connectivity index (χ4v) is 3.31. The molecule has 4 aromatic rings. The van der Waals surface area contributed by atoms with E-state index in [1.165, 1.54) is 31.0 Å². The second-order valence-corrected chi connectivity index (χ2v) is 6.57. The monoisotopic (exact) mass is 428 g/mol. The van der Waals surface area contributed by atoms with Crippen molar-refractivity contribution in [2.75, 3.05) is 14.2 Å². The van der Waals surface area contributed by atoms with E-state index in [4.69, 9.17) is 9.47 Å². The van der Waals surface area contributed by atoms with Crippen LogP contribution in [-0.2, 0) is 0 Å². The van der Waals surface area contributed by atoms with Gasteiger partial charge in [-0.05, 0) is 30.7 Å². The van der Waals surface area contributed by atoms with Gasteiger partial charge in [0.2, 0.25) is 11.8 Å². The Balaban J connectivity index is 1.81. The molecule has 0 saturated carbocycles. The van der Waals surface area contributed by atoms with E-state index < -0.39 is 6.61 Å². The third-order valence-corrected chi connectivity index (χ3v) is 4.68. The quantitative estimate of drug-likeness (QED) is 0.494. The van der Waals surface area contributed by atoms with Crippen LogP contribution in [0, 0.1) is 6.92 Å². The normalized spacial score (nSPS) is 11.2. The number of ether oxygens (including phenoxy) is 3. The van der Waals surface area contributed by atoms with Gasteiger partial charge in [0.1, 0.15) is 0 Å². The van der Waals surface area contributed by atoms with E-state index >= 15 is 0 Å². The van der Waals surface area contributed by atoms with E-state index in [1.54, 1.807) is 24.5 Å². The number of hydrogen-bond donors (Lipinski definition) is 1. The molecule has 0 aliphatic heterocycles. The third kappa shape index (κ3) is 3.79. The summed E-state index contributed by atoms with van der Waals surface area (Å²) in [6, 6.07) is 6.44. The zero-order chi connectivity index (χ0) is 22.1. The van der Waals surface area contributed by atoms with Gasteiger partial charge in [0.05, 0.1) is 36.5 Å². The Hall–Kier alpha value is -3.95. The minimum absolute atomic E-state index is 0.0776. The summed E-state index contributed by atoms with van der Waals surface area (Å²) in [5.41, 5.74) is 2.99. The average molecular weight is 428 g/mol. The predicted molar refractivity (Wildman–Crippen MR) is 108 cm³/mol. The zero-order valence-electron chi connectivity index (χ0n) is 16.8. The van der Waals surface area contributed by atoms with Crippen molar-refractivity contribution in [2.24, 2.45) is 0 Å². The highest BCUT2D eigenvalue weighted by molar-refractivity contribution is 5.90. The molecule has 4 rings (SSSR count). The predicted octanol–water partition coefficient (Wildman–Crippen LogP) is 4.12. The van der Waals surface area contributed by atoms with Crippen molar-refractivity contribution in [1.82, 2.24) is 19.5 Å². The van der Waals surface area contributed by atoms with Crippen LogP contribution in [0.5, 0.6) is 23.4 Å². The molecule has 0 amide bonds. The largest absolute Gasteiger partial charge is 0.494 e. The molecule has 31 heavy (non-hydrogen) atoms. The number of rotatable bonds is 6. The lowest BCUT2D eigenvalue weighted by atomic mass is 10.1. The molecule has 1 N–H and O–H groups in total. The summed E-state index contributed by atoms with van der Waals surface area (Å²) in [7, 11) is 3.02. The van der Waals surface area contributed by atoms with Crippen molar-refractivity contribution < 1.29 is 28.1 Å². The first-order chi connectivity index (χ1) is 14.9. The Kier molecular flexibility index (Phi) is 5.28. The second-order valence-electron chi connectivity index (χ2n) is 6.57. The minimum Gasteiger partial charge on any atom is -0.494 e. The van der Waals surface area contributed by atoms with Crippen molar-refractivity contribution >= 4 is 10.9 Å². The van der Waals surface area contributed by atoms with Crippen molar-refractivity contribution in [2.45, 2.75) is 13.5 Å². The summed E-state index contributed by atoms with van der Waals surface area (Å²) in [5, 5.41) is 11.3. The lowest BCUT2D eigenvalue weighted by molar-refractivity contribution is -0.0528. The highest BCUT2D eigenvalue weighted by Gasteiger charge is 2.17.